The molecule has 2 heterocycles. The number of aromatic nitrogens is 1. The van der Waals surface area contributed by atoms with Gasteiger partial charge in [0, 0.05) is 36.3 Å². The van der Waals surface area contributed by atoms with Gasteiger partial charge in [0.1, 0.15) is 5.82 Å². The molecular formula is C27H22F3N3O2. The molecule has 35 heavy (non-hydrogen) atoms. The van der Waals surface area contributed by atoms with Crippen molar-refractivity contribution >= 4 is 28.4 Å². The molecule has 8 heteroatoms. The van der Waals surface area contributed by atoms with Gasteiger partial charge in [0.2, 0.25) is 5.91 Å². The first-order valence-electron chi connectivity index (χ1n) is 11.2. The summed E-state index contributed by atoms with van der Waals surface area (Å²) in [4.78, 5) is 26.8. The largest absolute Gasteiger partial charge is 0.345 e. The molecule has 3 aromatic carbocycles. The number of hydrogen-bond donors (Lipinski definition) is 1. The lowest BCUT2D eigenvalue weighted by Crippen LogP contribution is -2.46. The second-order valence-electron chi connectivity index (χ2n) is 8.70. The predicted octanol–water partition coefficient (Wildman–Crippen LogP) is 5.39. The zero-order chi connectivity index (χ0) is 24.7. The molecule has 2 amide bonds. The number of carbonyl (C=O) groups excluding carboxylic acids is 2. The molecule has 2 unspecified atom stereocenters. The summed E-state index contributed by atoms with van der Waals surface area (Å²) >= 11 is 0. The van der Waals surface area contributed by atoms with Crippen molar-refractivity contribution in [2.45, 2.75) is 31.4 Å². The number of amides is 2. The number of alkyl halides is 2. The average Bonchev–Trinajstić information content (AvgIpc) is 3.39. The van der Waals surface area contributed by atoms with E-state index in [1.165, 1.54) is 12.1 Å². The number of fused-ring (bicyclic) bond motifs is 1. The van der Waals surface area contributed by atoms with Gasteiger partial charge < -0.3 is 14.8 Å². The lowest BCUT2D eigenvalue weighted by molar-refractivity contribution is -0.143. The summed E-state index contributed by atoms with van der Waals surface area (Å²) < 4.78 is 42.5. The normalized spacial score (nSPS) is 18.3. The summed E-state index contributed by atoms with van der Waals surface area (Å²) in [7, 11) is 0. The molecular weight excluding hydrogens is 455 g/mol. The van der Waals surface area contributed by atoms with E-state index in [1.807, 2.05) is 47.2 Å². The van der Waals surface area contributed by atoms with Crippen LogP contribution in [0, 0.1) is 5.82 Å². The molecule has 1 aliphatic heterocycles. The number of anilines is 1. The highest BCUT2D eigenvalue weighted by atomic mass is 19.3. The van der Waals surface area contributed by atoms with Crippen LogP contribution in [0.1, 0.15) is 24.9 Å². The lowest BCUT2D eigenvalue weighted by atomic mass is 9.99. The number of nitrogens with zero attached hydrogens (tertiary/aromatic N) is 2. The topological polar surface area (TPSA) is 54.3 Å². The Morgan fingerprint density at radius 1 is 0.971 bits per heavy atom. The van der Waals surface area contributed by atoms with E-state index in [0.29, 0.717) is 12.6 Å². The van der Waals surface area contributed by atoms with Gasteiger partial charge in [-0.05, 0) is 54.1 Å². The van der Waals surface area contributed by atoms with Crippen molar-refractivity contribution in [2.75, 3.05) is 4.90 Å². The van der Waals surface area contributed by atoms with Gasteiger partial charge in [-0.15, -0.1) is 0 Å². The van der Waals surface area contributed by atoms with Crippen LogP contribution in [0.4, 0.5) is 18.9 Å². The standard InChI is InChI=1S/C27H22F3N3O2/c1-27(29,30)26(35)31-22-16-24(34)33(25(22)17-5-3-2-4-6-17)21-11-12-23-18(15-21)13-14-32(23)20-9-7-19(28)8-10-20/h2-15,22,25H,16H2,1H3,(H,31,35). The van der Waals surface area contributed by atoms with Crippen LogP contribution in [0.2, 0.25) is 0 Å². The summed E-state index contributed by atoms with van der Waals surface area (Å²) in [5.74, 6) is -5.57. The number of nitrogens with one attached hydrogen (secondary N) is 1. The van der Waals surface area contributed by atoms with Gasteiger partial charge in [-0.1, -0.05) is 30.3 Å². The zero-order valence-corrected chi connectivity index (χ0v) is 18.8. The molecule has 0 spiro atoms. The van der Waals surface area contributed by atoms with Gasteiger partial charge in [-0.25, -0.2) is 4.39 Å². The Hall–Kier alpha value is -4.07. The smallest absolute Gasteiger partial charge is 0.321 e. The number of carbonyl (C=O) groups is 2. The second-order valence-corrected chi connectivity index (χ2v) is 8.70. The van der Waals surface area contributed by atoms with Crippen LogP contribution in [0.15, 0.2) is 85.1 Å². The Morgan fingerprint density at radius 2 is 1.66 bits per heavy atom. The molecule has 0 radical (unpaired) electrons. The molecule has 2 atom stereocenters. The average molecular weight is 477 g/mol. The van der Waals surface area contributed by atoms with E-state index in [-0.39, 0.29) is 18.1 Å². The van der Waals surface area contributed by atoms with Crippen molar-refractivity contribution in [1.82, 2.24) is 9.88 Å². The van der Waals surface area contributed by atoms with Crippen molar-refractivity contribution in [2.24, 2.45) is 0 Å². The van der Waals surface area contributed by atoms with Crippen LogP contribution in [0.5, 0.6) is 0 Å². The molecule has 1 aromatic heterocycles. The summed E-state index contributed by atoms with van der Waals surface area (Å²) in [6.45, 7) is 0.536. The maximum absolute atomic E-state index is 13.6. The minimum Gasteiger partial charge on any atom is -0.345 e. The van der Waals surface area contributed by atoms with E-state index < -0.39 is 23.9 Å². The molecule has 178 valence electrons. The fraction of sp³-hybridized carbons (Fsp3) is 0.185. The first-order chi connectivity index (χ1) is 16.7. The third-order valence-corrected chi connectivity index (χ3v) is 6.24. The quantitative estimate of drug-likeness (QED) is 0.419. The predicted molar refractivity (Wildman–Crippen MR) is 127 cm³/mol. The fourth-order valence-corrected chi connectivity index (χ4v) is 4.60. The number of rotatable bonds is 5. The molecule has 0 bridgehead atoms. The molecule has 0 saturated carbocycles. The highest BCUT2D eigenvalue weighted by molar-refractivity contribution is 6.00. The Bertz CT molecular complexity index is 1390. The van der Waals surface area contributed by atoms with Gasteiger partial charge in [0.15, 0.2) is 0 Å². The monoisotopic (exact) mass is 477 g/mol. The van der Waals surface area contributed by atoms with E-state index in [2.05, 4.69) is 5.32 Å². The van der Waals surface area contributed by atoms with Crippen LogP contribution >= 0.6 is 0 Å². The van der Waals surface area contributed by atoms with Crippen molar-refractivity contribution in [3.05, 3.63) is 96.4 Å². The van der Waals surface area contributed by atoms with Gasteiger partial charge in [0.05, 0.1) is 17.6 Å². The van der Waals surface area contributed by atoms with Crippen LogP contribution in [0.25, 0.3) is 16.6 Å². The Morgan fingerprint density at radius 3 is 2.34 bits per heavy atom. The maximum Gasteiger partial charge on any atom is 0.321 e. The molecule has 0 aliphatic carbocycles. The summed E-state index contributed by atoms with van der Waals surface area (Å²) in [5, 5.41) is 3.23. The molecule has 5 rings (SSSR count). The van der Waals surface area contributed by atoms with Crippen LogP contribution < -0.4 is 10.2 Å². The third-order valence-electron chi connectivity index (χ3n) is 6.24. The van der Waals surface area contributed by atoms with Crippen molar-refractivity contribution in [3.63, 3.8) is 0 Å². The minimum atomic E-state index is -3.56. The SMILES string of the molecule is CC(F)(F)C(=O)NC1CC(=O)N(c2ccc3c(ccn3-c3ccc(F)cc3)c2)C1c1ccccc1. The Balaban J connectivity index is 1.53. The van der Waals surface area contributed by atoms with Crippen LogP contribution in [-0.4, -0.2) is 28.3 Å². The molecule has 4 aromatic rings. The Kier molecular flexibility index (Phi) is 5.59. The van der Waals surface area contributed by atoms with E-state index >= 15 is 0 Å². The fourth-order valence-electron chi connectivity index (χ4n) is 4.60. The highest BCUT2D eigenvalue weighted by Gasteiger charge is 2.45. The number of halogens is 3. The van der Waals surface area contributed by atoms with E-state index in [1.54, 1.807) is 35.2 Å². The molecule has 1 saturated heterocycles. The lowest BCUT2D eigenvalue weighted by Gasteiger charge is -2.29. The van der Waals surface area contributed by atoms with E-state index in [9.17, 15) is 22.8 Å². The van der Waals surface area contributed by atoms with Gasteiger partial charge in [-0.3, -0.25) is 9.59 Å². The molecule has 5 nitrogen and oxygen atoms in total. The summed E-state index contributed by atoms with van der Waals surface area (Å²) in [5.41, 5.74) is 2.97. The van der Waals surface area contributed by atoms with Crippen LogP contribution in [-0.2, 0) is 9.59 Å². The van der Waals surface area contributed by atoms with Gasteiger partial charge >= 0.3 is 5.92 Å². The van der Waals surface area contributed by atoms with E-state index in [4.69, 9.17) is 0 Å². The highest BCUT2D eigenvalue weighted by Crippen LogP contribution is 2.39. The van der Waals surface area contributed by atoms with E-state index in [0.717, 1.165) is 22.2 Å². The molecule has 1 N–H and O–H groups in total. The summed E-state index contributed by atoms with van der Waals surface area (Å²) in [6, 6.07) is 21.1. The third kappa shape index (κ3) is 4.27. The van der Waals surface area contributed by atoms with Gasteiger partial charge in [-0.2, -0.15) is 8.78 Å². The van der Waals surface area contributed by atoms with Gasteiger partial charge in [0.25, 0.3) is 5.91 Å². The second kappa shape index (κ2) is 8.61. The minimum absolute atomic E-state index is 0.101. The van der Waals surface area contributed by atoms with Crippen molar-refractivity contribution < 1.29 is 22.8 Å². The van der Waals surface area contributed by atoms with Crippen molar-refractivity contribution in [1.29, 1.82) is 0 Å². The Labute approximate surface area is 199 Å². The first kappa shape index (κ1) is 22.7. The number of hydrogen-bond acceptors (Lipinski definition) is 2. The summed E-state index contributed by atoms with van der Waals surface area (Å²) in [6.07, 6.45) is 1.75. The van der Waals surface area contributed by atoms with Crippen molar-refractivity contribution in [3.8, 4) is 5.69 Å². The zero-order valence-electron chi connectivity index (χ0n) is 18.8. The molecule has 1 fully saturated rings. The van der Waals surface area contributed by atoms with Crippen LogP contribution in [0.3, 0.4) is 0 Å². The number of benzene rings is 3. The maximum atomic E-state index is 13.6. The first-order valence-corrected chi connectivity index (χ1v) is 11.2. The molecule has 1 aliphatic rings.